The van der Waals surface area contributed by atoms with Crippen molar-refractivity contribution in [3.05, 3.63) is 0 Å². The quantitative estimate of drug-likeness (QED) is 0.865. The Morgan fingerprint density at radius 2 is 1.81 bits per heavy atom. The normalized spacial score (nSPS) is 35.7. The van der Waals surface area contributed by atoms with E-state index in [1.54, 1.807) is 0 Å². The fourth-order valence-corrected chi connectivity index (χ4v) is 4.59. The Labute approximate surface area is 130 Å². The predicted molar refractivity (Wildman–Crippen MR) is 87.6 cm³/mol. The average molecular weight is 294 g/mol. The zero-order chi connectivity index (χ0) is 14.7. The summed E-state index contributed by atoms with van der Waals surface area (Å²) < 4.78 is 6.02. The van der Waals surface area contributed by atoms with Crippen LogP contribution in [0.2, 0.25) is 0 Å². The molecule has 2 aliphatic heterocycles. The van der Waals surface area contributed by atoms with Gasteiger partial charge in [0.05, 0.1) is 6.10 Å². The first-order valence-electron chi connectivity index (χ1n) is 9.25. The first-order valence-corrected chi connectivity index (χ1v) is 9.25. The second-order valence-corrected chi connectivity index (χ2v) is 8.15. The van der Waals surface area contributed by atoms with Gasteiger partial charge in [-0.25, -0.2) is 0 Å². The van der Waals surface area contributed by atoms with E-state index in [1.165, 1.54) is 64.5 Å². The van der Waals surface area contributed by atoms with Crippen molar-refractivity contribution in [2.45, 2.75) is 82.9 Å². The first kappa shape index (κ1) is 15.8. The molecule has 0 bridgehead atoms. The molecule has 2 saturated heterocycles. The molecule has 3 heteroatoms. The lowest BCUT2D eigenvalue weighted by Crippen LogP contribution is -2.64. The summed E-state index contributed by atoms with van der Waals surface area (Å²) in [6.07, 6.45) is 11.6. The molecule has 0 aromatic carbocycles. The molecule has 1 aliphatic carbocycles. The highest BCUT2D eigenvalue weighted by Gasteiger charge is 2.38. The minimum Gasteiger partial charge on any atom is -0.377 e. The molecular formula is C18H34N2O. The molecule has 21 heavy (non-hydrogen) atoms. The molecule has 3 fully saturated rings. The van der Waals surface area contributed by atoms with Gasteiger partial charge in [0.1, 0.15) is 0 Å². The van der Waals surface area contributed by atoms with Crippen molar-refractivity contribution in [1.29, 1.82) is 0 Å². The Morgan fingerprint density at radius 3 is 2.52 bits per heavy atom. The van der Waals surface area contributed by atoms with E-state index in [4.69, 9.17) is 4.74 Å². The number of rotatable bonds is 3. The minimum absolute atomic E-state index is 0.250. The number of hydrogen-bond acceptors (Lipinski definition) is 3. The van der Waals surface area contributed by atoms with Crippen molar-refractivity contribution in [2.75, 3.05) is 26.2 Å². The van der Waals surface area contributed by atoms with Gasteiger partial charge in [-0.05, 0) is 51.9 Å². The predicted octanol–water partition coefficient (Wildman–Crippen LogP) is 3.19. The van der Waals surface area contributed by atoms with Crippen LogP contribution in [-0.2, 0) is 4.74 Å². The van der Waals surface area contributed by atoms with Crippen LogP contribution in [-0.4, -0.2) is 48.8 Å². The van der Waals surface area contributed by atoms with Gasteiger partial charge in [-0.1, -0.05) is 19.3 Å². The highest BCUT2D eigenvalue weighted by atomic mass is 16.5. The highest BCUT2D eigenvalue weighted by molar-refractivity contribution is 4.96. The van der Waals surface area contributed by atoms with Gasteiger partial charge in [0.15, 0.2) is 0 Å². The Bertz CT molecular complexity index is 319. The van der Waals surface area contributed by atoms with Gasteiger partial charge in [-0.2, -0.15) is 0 Å². The largest absolute Gasteiger partial charge is 0.377 e. The lowest BCUT2D eigenvalue weighted by atomic mass is 9.81. The molecule has 0 spiro atoms. The number of hydrogen-bond donors (Lipinski definition) is 1. The van der Waals surface area contributed by atoms with Crippen LogP contribution >= 0.6 is 0 Å². The summed E-state index contributed by atoms with van der Waals surface area (Å²) in [5.41, 5.74) is 0.250. The van der Waals surface area contributed by atoms with Crippen molar-refractivity contribution in [2.24, 2.45) is 5.92 Å². The molecule has 122 valence electrons. The number of piperazine rings is 1. The summed E-state index contributed by atoms with van der Waals surface area (Å²) in [6, 6.07) is 0.740. The van der Waals surface area contributed by atoms with Gasteiger partial charge in [0.25, 0.3) is 0 Å². The number of ether oxygens (including phenoxy) is 1. The molecule has 3 aliphatic rings. The maximum Gasteiger partial charge on any atom is 0.0702 e. The molecular weight excluding hydrogens is 260 g/mol. The van der Waals surface area contributed by atoms with Gasteiger partial charge < -0.3 is 10.1 Å². The third-order valence-electron chi connectivity index (χ3n) is 5.76. The second kappa shape index (κ2) is 6.97. The molecule has 1 saturated carbocycles. The third-order valence-corrected chi connectivity index (χ3v) is 5.76. The van der Waals surface area contributed by atoms with Gasteiger partial charge in [-0.15, -0.1) is 0 Å². The van der Waals surface area contributed by atoms with Crippen LogP contribution in [0.1, 0.15) is 65.2 Å². The molecule has 2 atom stereocenters. The van der Waals surface area contributed by atoms with Crippen molar-refractivity contribution in [3.63, 3.8) is 0 Å². The van der Waals surface area contributed by atoms with E-state index in [0.29, 0.717) is 6.10 Å². The summed E-state index contributed by atoms with van der Waals surface area (Å²) in [4.78, 5) is 2.78. The van der Waals surface area contributed by atoms with Gasteiger partial charge in [0, 0.05) is 37.8 Å². The van der Waals surface area contributed by atoms with Gasteiger partial charge in [0.2, 0.25) is 0 Å². The average Bonchev–Trinajstić information content (AvgIpc) is 2.48. The fourth-order valence-electron chi connectivity index (χ4n) is 4.59. The van der Waals surface area contributed by atoms with E-state index >= 15 is 0 Å². The standard InChI is InChI=1S/C18H34N2O/c1-18(2)14-20(13-16-10-6-7-11-21-16)17(12-19-18)15-8-4-3-5-9-15/h15-17,19H,3-14H2,1-2H3. The zero-order valence-corrected chi connectivity index (χ0v) is 14.1. The van der Waals surface area contributed by atoms with Crippen LogP contribution in [0.5, 0.6) is 0 Å². The summed E-state index contributed by atoms with van der Waals surface area (Å²) in [6.45, 7) is 9.18. The van der Waals surface area contributed by atoms with Crippen LogP contribution < -0.4 is 5.32 Å². The summed E-state index contributed by atoms with van der Waals surface area (Å²) in [5.74, 6) is 0.908. The first-order chi connectivity index (χ1) is 10.1. The van der Waals surface area contributed by atoms with Crippen LogP contribution in [0.15, 0.2) is 0 Å². The summed E-state index contributed by atoms with van der Waals surface area (Å²) in [7, 11) is 0. The molecule has 3 nitrogen and oxygen atoms in total. The van der Waals surface area contributed by atoms with E-state index in [0.717, 1.165) is 25.1 Å². The monoisotopic (exact) mass is 294 g/mol. The molecule has 3 rings (SSSR count). The Balaban J connectivity index is 1.64. The molecule has 0 amide bonds. The van der Waals surface area contributed by atoms with Crippen LogP contribution in [0.3, 0.4) is 0 Å². The molecule has 1 N–H and O–H groups in total. The number of nitrogens with zero attached hydrogens (tertiary/aromatic N) is 1. The molecule has 0 aromatic heterocycles. The lowest BCUT2D eigenvalue weighted by molar-refractivity contribution is -0.0382. The third kappa shape index (κ3) is 4.20. The molecule has 2 heterocycles. The molecule has 0 radical (unpaired) electrons. The minimum atomic E-state index is 0.250. The van der Waals surface area contributed by atoms with Crippen molar-refractivity contribution >= 4 is 0 Å². The maximum absolute atomic E-state index is 6.02. The van der Waals surface area contributed by atoms with Crippen LogP contribution in [0, 0.1) is 5.92 Å². The van der Waals surface area contributed by atoms with Crippen molar-refractivity contribution in [3.8, 4) is 0 Å². The van der Waals surface area contributed by atoms with E-state index in [1.807, 2.05) is 0 Å². The Hall–Kier alpha value is -0.120. The molecule has 2 unspecified atom stereocenters. The van der Waals surface area contributed by atoms with Crippen LogP contribution in [0.25, 0.3) is 0 Å². The summed E-state index contributed by atoms with van der Waals surface area (Å²) in [5, 5.41) is 3.79. The second-order valence-electron chi connectivity index (χ2n) is 8.15. The van der Waals surface area contributed by atoms with E-state index < -0.39 is 0 Å². The highest BCUT2D eigenvalue weighted by Crippen LogP contribution is 2.32. The van der Waals surface area contributed by atoms with Crippen molar-refractivity contribution in [1.82, 2.24) is 10.2 Å². The fraction of sp³-hybridized carbons (Fsp3) is 1.00. The maximum atomic E-state index is 6.02. The van der Waals surface area contributed by atoms with E-state index in [-0.39, 0.29) is 5.54 Å². The zero-order valence-electron chi connectivity index (χ0n) is 14.1. The van der Waals surface area contributed by atoms with Crippen LogP contribution in [0.4, 0.5) is 0 Å². The lowest BCUT2D eigenvalue weighted by Gasteiger charge is -2.49. The SMILES string of the molecule is CC1(C)CN(CC2CCCCO2)C(C2CCCCC2)CN1. The van der Waals surface area contributed by atoms with E-state index in [9.17, 15) is 0 Å². The smallest absolute Gasteiger partial charge is 0.0702 e. The Kier molecular flexibility index (Phi) is 5.23. The number of nitrogens with one attached hydrogen (secondary N) is 1. The van der Waals surface area contributed by atoms with Gasteiger partial charge in [-0.3, -0.25) is 4.90 Å². The van der Waals surface area contributed by atoms with Gasteiger partial charge >= 0.3 is 0 Å². The summed E-state index contributed by atoms with van der Waals surface area (Å²) >= 11 is 0. The Morgan fingerprint density at radius 1 is 1.05 bits per heavy atom. The molecule has 0 aromatic rings. The van der Waals surface area contributed by atoms with E-state index in [2.05, 4.69) is 24.1 Å². The van der Waals surface area contributed by atoms with Crippen molar-refractivity contribution < 1.29 is 4.74 Å². The topological polar surface area (TPSA) is 24.5 Å².